The van der Waals surface area contributed by atoms with Crippen molar-refractivity contribution in [3.8, 4) is 6.07 Å². The molecule has 0 atom stereocenters. The largest absolute Gasteiger partial charge is 0.340 e. The molecule has 0 saturated carbocycles. The first-order valence-corrected chi connectivity index (χ1v) is 8.49. The van der Waals surface area contributed by atoms with Crippen molar-refractivity contribution in [2.24, 2.45) is 0 Å². The van der Waals surface area contributed by atoms with E-state index in [-0.39, 0.29) is 5.91 Å². The summed E-state index contributed by atoms with van der Waals surface area (Å²) in [6.45, 7) is 7.31. The Balaban J connectivity index is 2.23. The molecule has 2 aromatic rings. The molecule has 1 heterocycles. The van der Waals surface area contributed by atoms with Gasteiger partial charge in [-0.1, -0.05) is 13.8 Å². The number of carbonyl (C=O) groups excluding carboxylic acids is 1. The first-order chi connectivity index (χ1) is 12.1. The standard InChI is InChI=1S/C19H23N5O/c1-4-10-24(11-5-2)19(25)17-12-18(22-14(3)21-17)23-16-8-6-15(13-20)7-9-16/h6-9,12H,4-5,10-11H2,1-3H3,(H,21,22,23). The second-order valence-corrected chi connectivity index (χ2v) is 5.79. The molecule has 1 N–H and O–H groups in total. The normalized spacial score (nSPS) is 10.2. The van der Waals surface area contributed by atoms with Crippen LogP contribution in [-0.2, 0) is 0 Å². The van der Waals surface area contributed by atoms with Crippen LogP contribution in [0.5, 0.6) is 0 Å². The Hall–Kier alpha value is -2.94. The monoisotopic (exact) mass is 337 g/mol. The molecule has 0 radical (unpaired) electrons. The highest BCUT2D eigenvalue weighted by molar-refractivity contribution is 5.93. The fourth-order valence-corrected chi connectivity index (χ4v) is 2.53. The van der Waals surface area contributed by atoms with Crippen molar-refractivity contribution in [3.63, 3.8) is 0 Å². The van der Waals surface area contributed by atoms with E-state index in [1.165, 1.54) is 0 Å². The molecule has 0 aliphatic carbocycles. The van der Waals surface area contributed by atoms with Crippen molar-refractivity contribution < 1.29 is 4.79 Å². The van der Waals surface area contributed by atoms with Crippen LogP contribution in [0.4, 0.5) is 11.5 Å². The molecule has 0 unspecified atom stereocenters. The molecule has 1 aromatic carbocycles. The van der Waals surface area contributed by atoms with E-state index in [0.29, 0.717) is 36.0 Å². The maximum Gasteiger partial charge on any atom is 0.272 e. The van der Waals surface area contributed by atoms with E-state index >= 15 is 0 Å². The van der Waals surface area contributed by atoms with Crippen LogP contribution in [0.25, 0.3) is 0 Å². The summed E-state index contributed by atoms with van der Waals surface area (Å²) in [6.07, 6.45) is 1.82. The summed E-state index contributed by atoms with van der Waals surface area (Å²) in [5.41, 5.74) is 1.79. The summed E-state index contributed by atoms with van der Waals surface area (Å²) in [4.78, 5) is 23.2. The number of benzene rings is 1. The Morgan fingerprint density at radius 2 is 1.80 bits per heavy atom. The van der Waals surface area contributed by atoms with Crippen molar-refractivity contribution in [1.82, 2.24) is 14.9 Å². The molecule has 2 rings (SSSR count). The number of anilines is 2. The second-order valence-electron chi connectivity index (χ2n) is 5.79. The Labute approximate surface area is 148 Å². The van der Waals surface area contributed by atoms with Gasteiger partial charge in [0.1, 0.15) is 17.3 Å². The molecule has 1 aromatic heterocycles. The molecular weight excluding hydrogens is 314 g/mol. The summed E-state index contributed by atoms with van der Waals surface area (Å²) >= 11 is 0. The Morgan fingerprint density at radius 1 is 1.16 bits per heavy atom. The lowest BCUT2D eigenvalue weighted by Gasteiger charge is -2.21. The van der Waals surface area contributed by atoms with Gasteiger partial charge in [0.15, 0.2) is 0 Å². The molecule has 0 saturated heterocycles. The lowest BCUT2D eigenvalue weighted by atomic mass is 10.2. The van der Waals surface area contributed by atoms with E-state index in [4.69, 9.17) is 5.26 Å². The van der Waals surface area contributed by atoms with Gasteiger partial charge in [0.05, 0.1) is 11.6 Å². The molecule has 130 valence electrons. The Bertz CT molecular complexity index is 758. The fraction of sp³-hybridized carbons (Fsp3) is 0.368. The zero-order valence-corrected chi connectivity index (χ0v) is 14.9. The Kier molecular flexibility index (Phi) is 6.47. The van der Waals surface area contributed by atoms with Crippen LogP contribution in [0.2, 0.25) is 0 Å². The summed E-state index contributed by atoms with van der Waals surface area (Å²) in [5.74, 6) is 1.03. The van der Waals surface area contributed by atoms with E-state index in [1.54, 1.807) is 37.3 Å². The second kappa shape index (κ2) is 8.78. The minimum Gasteiger partial charge on any atom is -0.340 e. The summed E-state index contributed by atoms with van der Waals surface area (Å²) in [6, 6.07) is 10.8. The van der Waals surface area contributed by atoms with E-state index in [1.807, 2.05) is 4.90 Å². The molecule has 25 heavy (non-hydrogen) atoms. The van der Waals surface area contributed by atoms with Gasteiger partial charge in [0.2, 0.25) is 0 Å². The summed E-state index contributed by atoms with van der Waals surface area (Å²) < 4.78 is 0. The van der Waals surface area contributed by atoms with Gasteiger partial charge in [0, 0.05) is 24.8 Å². The van der Waals surface area contributed by atoms with Gasteiger partial charge in [-0.15, -0.1) is 0 Å². The summed E-state index contributed by atoms with van der Waals surface area (Å²) in [5, 5.41) is 12.0. The number of aromatic nitrogens is 2. The van der Waals surface area contributed by atoms with E-state index in [9.17, 15) is 4.79 Å². The molecule has 6 nitrogen and oxygen atoms in total. The van der Waals surface area contributed by atoms with Crippen LogP contribution < -0.4 is 5.32 Å². The third-order valence-electron chi connectivity index (χ3n) is 3.62. The van der Waals surface area contributed by atoms with Crippen molar-refractivity contribution >= 4 is 17.4 Å². The lowest BCUT2D eigenvalue weighted by molar-refractivity contribution is 0.0749. The molecule has 0 fully saturated rings. The zero-order chi connectivity index (χ0) is 18.2. The van der Waals surface area contributed by atoms with Crippen LogP contribution in [0.15, 0.2) is 30.3 Å². The van der Waals surface area contributed by atoms with Gasteiger partial charge in [-0.2, -0.15) is 5.26 Å². The SMILES string of the molecule is CCCN(CCC)C(=O)c1cc(Nc2ccc(C#N)cc2)nc(C)n1. The molecule has 0 aliphatic heterocycles. The lowest BCUT2D eigenvalue weighted by Crippen LogP contribution is -2.33. The molecule has 0 aliphatic rings. The van der Waals surface area contributed by atoms with Gasteiger partial charge < -0.3 is 10.2 Å². The van der Waals surface area contributed by atoms with Gasteiger partial charge in [-0.05, 0) is 44.0 Å². The molecule has 0 spiro atoms. The van der Waals surface area contributed by atoms with Gasteiger partial charge >= 0.3 is 0 Å². The van der Waals surface area contributed by atoms with Crippen LogP contribution in [0.1, 0.15) is 48.6 Å². The summed E-state index contributed by atoms with van der Waals surface area (Å²) in [7, 11) is 0. The first kappa shape index (κ1) is 18.4. The van der Waals surface area contributed by atoms with E-state index < -0.39 is 0 Å². The van der Waals surface area contributed by atoms with E-state index in [0.717, 1.165) is 18.5 Å². The number of nitrogens with one attached hydrogen (secondary N) is 1. The number of aryl methyl sites for hydroxylation is 1. The predicted molar refractivity (Wildman–Crippen MR) is 97.7 cm³/mol. The third-order valence-corrected chi connectivity index (χ3v) is 3.62. The maximum absolute atomic E-state index is 12.7. The average molecular weight is 337 g/mol. The number of rotatable bonds is 7. The smallest absolute Gasteiger partial charge is 0.272 e. The molecule has 0 bridgehead atoms. The minimum atomic E-state index is -0.0721. The van der Waals surface area contributed by atoms with Crippen molar-refractivity contribution in [3.05, 3.63) is 47.4 Å². The van der Waals surface area contributed by atoms with Crippen LogP contribution in [0, 0.1) is 18.3 Å². The predicted octanol–water partition coefficient (Wildman–Crippen LogP) is 3.66. The zero-order valence-electron chi connectivity index (χ0n) is 14.9. The van der Waals surface area contributed by atoms with Crippen LogP contribution in [-0.4, -0.2) is 33.9 Å². The number of nitrogens with zero attached hydrogens (tertiary/aromatic N) is 4. The van der Waals surface area contributed by atoms with Crippen molar-refractivity contribution in [2.75, 3.05) is 18.4 Å². The van der Waals surface area contributed by atoms with Crippen molar-refractivity contribution in [2.45, 2.75) is 33.6 Å². The number of hydrogen-bond acceptors (Lipinski definition) is 5. The number of amides is 1. The topological polar surface area (TPSA) is 81.9 Å². The fourth-order valence-electron chi connectivity index (χ4n) is 2.53. The molecule has 6 heteroatoms. The minimum absolute atomic E-state index is 0.0721. The van der Waals surface area contributed by atoms with Crippen LogP contribution >= 0.6 is 0 Å². The highest BCUT2D eigenvalue weighted by Gasteiger charge is 2.17. The quantitative estimate of drug-likeness (QED) is 0.833. The highest BCUT2D eigenvalue weighted by atomic mass is 16.2. The third kappa shape index (κ3) is 5.01. The Morgan fingerprint density at radius 3 is 2.36 bits per heavy atom. The number of hydrogen-bond donors (Lipinski definition) is 1. The average Bonchev–Trinajstić information content (AvgIpc) is 2.61. The van der Waals surface area contributed by atoms with Crippen molar-refractivity contribution in [1.29, 1.82) is 5.26 Å². The van der Waals surface area contributed by atoms with Crippen LogP contribution in [0.3, 0.4) is 0 Å². The first-order valence-electron chi connectivity index (χ1n) is 8.49. The number of carbonyl (C=O) groups is 1. The van der Waals surface area contributed by atoms with Gasteiger partial charge in [-0.3, -0.25) is 4.79 Å². The van der Waals surface area contributed by atoms with Gasteiger partial charge in [0.25, 0.3) is 5.91 Å². The molecular formula is C19H23N5O. The highest BCUT2D eigenvalue weighted by Crippen LogP contribution is 2.17. The molecule has 1 amide bonds. The van der Waals surface area contributed by atoms with E-state index in [2.05, 4.69) is 35.2 Å². The van der Waals surface area contributed by atoms with Gasteiger partial charge in [-0.25, -0.2) is 9.97 Å². The maximum atomic E-state index is 12.7. The number of nitriles is 1.